The van der Waals surface area contributed by atoms with Crippen LogP contribution < -0.4 is 9.86 Å². The predicted octanol–water partition coefficient (Wildman–Crippen LogP) is -0.614. The number of hydrogen-bond acceptors (Lipinski definition) is 6. The maximum Gasteiger partial charge on any atom is 0.247 e. The van der Waals surface area contributed by atoms with E-state index in [-0.39, 0.29) is 16.1 Å². The van der Waals surface area contributed by atoms with Crippen molar-refractivity contribution in [3.8, 4) is 0 Å². The fourth-order valence-electron chi connectivity index (χ4n) is 1.52. The SMILES string of the molecule is Cc1cc(NS(=O)(=O)CS(C)(=O)=O)ccc1S(N)(=O)=O. The zero-order chi connectivity index (χ0) is 15.8. The number of aryl methyl sites for hydroxylation is 1. The van der Waals surface area contributed by atoms with Crippen molar-refractivity contribution in [2.24, 2.45) is 5.14 Å². The Morgan fingerprint density at radius 2 is 1.65 bits per heavy atom. The molecule has 0 aliphatic heterocycles. The zero-order valence-corrected chi connectivity index (χ0v) is 13.1. The zero-order valence-electron chi connectivity index (χ0n) is 10.7. The highest BCUT2D eigenvalue weighted by atomic mass is 32.3. The number of anilines is 1. The number of rotatable bonds is 5. The maximum absolute atomic E-state index is 11.6. The Labute approximate surface area is 118 Å². The summed E-state index contributed by atoms with van der Waals surface area (Å²) < 4.78 is 69.5. The quantitative estimate of drug-likeness (QED) is 0.731. The van der Waals surface area contributed by atoms with Crippen LogP contribution in [0.25, 0.3) is 0 Å². The normalized spacial score (nSPS) is 13.2. The number of nitrogens with one attached hydrogen (secondary N) is 1. The lowest BCUT2D eigenvalue weighted by Gasteiger charge is -2.09. The van der Waals surface area contributed by atoms with E-state index < -0.39 is 35.0 Å². The van der Waals surface area contributed by atoms with Crippen molar-refractivity contribution in [2.45, 2.75) is 11.8 Å². The van der Waals surface area contributed by atoms with E-state index in [0.717, 1.165) is 12.3 Å². The van der Waals surface area contributed by atoms with Crippen molar-refractivity contribution in [3.63, 3.8) is 0 Å². The number of primary sulfonamides is 1. The molecule has 20 heavy (non-hydrogen) atoms. The summed E-state index contributed by atoms with van der Waals surface area (Å²) in [6, 6.07) is 3.58. The van der Waals surface area contributed by atoms with Crippen LogP contribution in [0, 0.1) is 6.92 Å². The van der Waals surface area contributed by atoms with Crippen molar-refractivity contribution in [2.75, 3.05) is 16.1 Å². The second-order valence-corrected chi connectivity index (χ2v) is 10.0. The lowest BCUT2D eigenvalue weighted by molar-refractivity contribution is 0.593. The third-order valence-electron chi connectivity index (χ3n) is 2.12. The highest BCUT2D eigenvalue weighted by molar-refractivity contribution is 8.08. The first-order chi connectivity index (χ1) is 8.80. The average molecular weight is 342 g/mol. The van der Waals surface area contributed by atoms with E-state index in [0.29, 0.717) is 0 Å². The summed E-state index contributed by atoms with van der Waals surface area (Å²) in [6.45, 7) is 1.44. The van der Waals surface area contributed by atoms with Crippen LogP contribution in [0.2, 0.25) is 0 Å². The Morgan fingerprint density at radius 3 is 2.05 bits per heavy atom. The molecule has 1 aromatic carbocycles. The Hall–Kier alpha value is -1.17. The van der Waals surface area contributed by atoms with E-state index in [9.17, 15) is 25.3 Å². The highest BCUT2D eigenvalue weighted by Crippen LogP contribution is 2.19. The number of benzene rings is 1. The number of sulfonamides is 2. The molecular formula is C9H14N2O6S3. The molecule has 0 saturated heterocycles. The minimum atomic E-state index is -4.08. The summed E-state index contributed by atoms with van der Waals surface area (Å²) in [5, 5.41) is 3.91. The molecule has 0 fully saturated rings. The van der Waals surface area contributed by atoms with E-state index in [1.165, 1.54) is 19.1 Å². The fraction of sp³-hybridized carbons (Fsp3) is 0.333. The van der Waals surface area contributed by atoms with Crippen LogP contribution in [0.1, 0.15) is 5.56 Å². The van der Waals surface area contributed by atoms with Gasteiger partial charge in [-0.3, -0.25) is 4.72 Å². The summed E-state index contributed by atoms with van der Waals surface area (Å²) in [5.74, 6) is 0. The lowest BCUT2D eigenvalue weighted by atomic mass is 10.2. The van der Waals surface area contributed by atoms with Crippen LogP contribution in [0.4, 0.5) is 5.69 Å². The van der Waals surface area contributed by atoms with Crippen LogP contribution >= 0.6 is 0 Å². The molecule has 0 radical (unpaired) electrons. The van der Waals surface area contributed by atoms with Gasteiger partial charge < -0.3 is 0 Å². The Balaban J connectivity index is 3.11. The summed E-state index contributed by atoms with van der Waals surface area (Å²) in [4.78, 5) is -0.136. The molecule has 0 aliphatic rings. The molecule has 0 spiro atoms. The molecule has 0 unspecified atom stereocenters. The monoisotopic (exact) mass is 342 g/mol. The highest BCUT2D eigenvalue weighted by Gasteiger charge is 2.19. The fourth-order valence-corrected chi connectivity index (χ4v) is 5.26. The van der Waals surface area contributed by atoms with E-state index in [4.69, 9.17) is 5.14 Å². The molecule has 0 aliphatic carbocycles. The molecular weight excluding hydrogens is 328 g/mol. The van der Waals surface area contributed by atoms with Crippen molar-refractivity contribution in [3.05, 3.63) is 23.8 Å². The Kier molecular flexibility index (Phi) is 4.49. The van der Waals surface area contributed by atoms with Crippen molar-refractivity contribution >= 4 is 35.6 Å². The molecule has 8 nitrogen and oxygen atoms in total. The van der Waals surface area contributed by atoms with Gasteiger partial charge in [0.2, 0.25) is 20.0 Å². The largest absolute Gasteiger partial charge is 0.283 e. The van der Waals surface area contributed by atoms with Crippen molar-refractivity contribution in [1.29, 1.82) is 0 Å². The van der Waals surface area contributed by atoms with Gasteiger partial charge >= 0.3 is 0 Å². The van der Waals surface area contributed by atoms with Gasteiger partial charge in [-0.05, 0) is 30.7 Å². The molecule has 0 amide bonds. The molecule has 0 heterocycles. The number of hydrogen-bond donors (Lipinski definition) is 2. The molecule has 3 N–H and O–H groups in total. The van der Waals surface area contributed by atoms with Gasteiger partial charge in [0, 0.05) is 11.9 Å². The van der Waals surface area contributed by atoms with Crippen LogP contribution in [0.15, 0.2) is 23.1 Å². The third kappa shape index (κ3) is 5.07. The molecule has 0 atom stereocenters. The Morgan fingerprint density at radius 1 is 1.10 bits per heavy atom. The number of nitrogens with two attached hydrogens (primary N) is 1. The minimum absolute atomic E-state index is 0.0542. The van der Waals surface area contributed by atoms with Crippen molar-refractivity contribution in [1.82, 2.24) is 0 Å². The molecule has 1 aromatic rings. The third-order valence-corrected chi connectivity index (χ3v) is 6.70. The van der Waals surface area contributed by atoms with Crippen molar-refractivity contribution < 1.29 is 25.3 Å². The molecule has 11 heteroatoms. The van der Waals surface area contributed by atoms with Gasteiger partial charge in [0.1, 0.15) is 0 Å². The average Bonchev–Trinajstić information content (AvgIpc) is 2.09. The van der Waals surface area contributed by atoms with Gasteiger partial charge in [-0.25, -0.2) is 30.4 Å². The smallest absolute Gasteiger partial charge is 0.247 e. The first-order valence-electron chi connectivity index (χ1n) is 5.12. The van der Waals surface area contributed by atoms with Gasteiger partial charge in [-0.15, -0.1) is 0 Å². The number of sulfone groups is 1. The minimum Gasteiger partial charge on any atom is -0.283 e. The van der Waals surface area contributed by atoms with Gasteiger partial charge in [-0.2, -0.15) is 0 Å². The van der Waals surface area contributed by atoms with Gasteiger partial charge in [-0.1, -0.05) is 0 Å². The molecule has 0 aromatic heterocycles. The summed E-state index contributed by atoms with van der Waals surface area (Å²) in [5.41, 5.74) is 0.297. The van der Waals surface area contributed by atoms with Gasteiger partial charge in [0.15, 0.2) is 14.9 Å². The van der Waals surface area contributed by atoms with E-state index in [1.807, 2.05) is 0 Å². The van der Waals surface area contributed by atoms with Gasteiger partial charge in [0.05, 0.1) is 4.90 Å². The lowest BCUT2D eigenvalue weighted by Crippen LogP contribution is -2.22. The van der Waals surface area contributed by atoms with Crippen LogP contribution in [-0.2, 0) is 29.9 Å². The van der Waals surface area contributed by atoms with E-state index >= 15 is 0 Å². The van der Waals surface area contributed by atoms with Crippen LogP contribution in [-0.4, -0.2) is 36.6 Å². The molecule has 0 bridgehead atoms. The summed E-state index contributed by atoms with van der Waals surface area (Å²) in [6.07, 6.45) is 0.793. The van der Waals surface area contributed by atoms with E-state index in [1.54, 1.807) is 0 Å². The molecule has 1 rings (SSSR count). The molecule has 114 valence electrons. The maximum atomic E-state index is 11.6. The first-order valence-corrected chi connectivity index (χ1v) is 10.4. The Bertz CT molecular complexity index is 824. The first kappa shape index (κ1) is 16.9. The van der Waals surface area contributed by atoms with E-state index in [2.05, 4.69) is 4.72 Å². The summed E-state index contributed by atoms with van der Waals surface area (Å²) >= 11 is 0. The standard InChI is InChI=1S/C9H14N2O6S3/c1-7-5-8(3-4-9(7)20(10,16)17)11-19(14,15)6-18(2,12)13/h3-5,11H,6H2,1-2H3,(H2,10,16,17). The topological polar surface area (TPSA) is 140 Å². The second-order valence-electron chi connectivity index (χ2n) is 4.29. The summed E-state index contributed by atoms with van der Waals surface area (Å²) in [7, 11) is -11.7. The molecule has 0 saturated carbocycles. The second kappa shape index (κ2) is 5.31. The predicted molar refractivity (Wildman–Crippen MR) is 74.8 cm³/mol. The van der Waals surface area contributed by atoms with Crippen LogP contribution in [0.5, 0.6) is 0 Å². The van der Waals surface area contributed by atoms with Crippen LogP contribution in [0.3, 0.4) is 0 Å². The van der Waals surface area contributed by atoms with Gasteiger partial charge in [0.25, 0.3) is 0 Å².